The second-order valence-corrected chi connectivity index (χ2v) is 6.38. The van der Waals surface area contributed by atoms with Gasteiger partial charge in [-0.05, 0) is 36.0 Å². The molecule has 0 amide bonds. The Hall–Kier alpha value is -0.960. The van der Waals surface area contributed by atoms with Gasteiger partial charge in [0.25, 0.3) is 0 Å². The third-order valence-electron chi connectivity index (χ3n) is 4.92. The van der Waals surface area contributed by atoms with E-state index in [1.807, 2.05) is 24.3 Å². The van der Waals surface area contributed by atoms with Crippen molar-refractivity contribution >= 4 is 18.6 Å². The molecule has 0 N–H and O–H groups in total. The standard InChI is InChI=1S/C16H20O2S/c1-18-15(17)16(12-6-8-13(19)9-7-12)10-14(16)11-4-2-3-5-11/h6-9,11,14,19H,2-5,10H2,1H3. The fourth-order valence-corrected chi connectivity index (χ4v) is 3.99. The van der Waals surface area contributed by atoms with Gasteiger partial charge in [0.05, 0.1) is 12.5 Å². The molecule has 0 spiro atoms. The third kappa shape index (κ3) is 2.08. The minimum atomic E-state index is -0.370. The summed E-state index contributed by atoms with van der Waals surface area (Å²) in [5.41, 5.74) is 0.736. The SMILES string of the molecule is COC(=O)C1(c2ccc(S)cc2)CC1C1CCCC1. The molecule has 1 aromatic carbocycles. The normalized spacial score (nSPS) is 30.3. The highest BCUT2D eigenvalue weighted by Crippen LogP contribution is 2.61. The molecular formula is C16H20O2S. The molecular weight excluding hydrogens is 256 g/mol. The Morgan fingerprint density at radius 2 is 1.89 bits per heavy atom. The molecule has 0 bridgehead atoms. The van der Waals surface area contributed by atoms with Crippen LogP contribution in [0.15, 0.2) is 29.2 Å². The first-order valence-electron chi connectivity index (χ1n) is 7.06. The molecule has 19 heavy (non-hydrogen) atoms. The van der Waals surface area contributed by atoms with Gasteiger partial charge in [-0.25, -0.2) is 0 Å². The quantitative estimate of drug-likeness (QED) is 0.674. The Bertz CT molecular complexity index is 476. The lowest BCUT2D eigenvalue weighted by Gasteiger charge is -2.18. The van der Waals surface area contributed by atoms with E-state index < -0.39 is 0 Å². The van der Waals surface area contributed by atoms with Crippen LogP contribution in [0.1, 0.15) is 37.7 Å². The zero-order valence-electron chi connectivity index (χ0n) is 11.3. The number of carbonyl (C=O) groups is 1. The number of hydrogen-bond acceptors (Lipinski definition) is 3. The second-order valence-electron chi connectivity index (χ2n) is 5.86. The lowest BCUT2D eigenvalue weighted by Crippen LogP contribution is -2.26. The summed E-state index contributed by atoms with van der Waals surface area (Å²) in [6, 6.07) is 8.00. The molecule has 1 aromatic rings. The van der Waals surface area contributed by atoms with Crippen molar-refractivity contribution in [2.75, 3.05) is 7.11 Å². The number of rotatable bonds is 3. The fraction of sp³-hybridized carbons (Fsp3) is 0.562. The number of ether oxygens (including phenoxy) is 1. The predicted molar refractivity (Wildman–Crippen MR) is 77.5 cm³/mol. The summed E-state index contributed by atoms with van der Waals surface area (Å²) in [5.74, 6) is 1.12. The van der Waals surface area contributed by atoms with Crippen molar-refractivity contribution in [1.29, 1.82) is 0 Å². The molecule has 2 aliphatic rings. The van der Waals surface area contributed by atoms with Crippen molar-refractivity contribution in [2.45, 2.75) is 42.4 Å². The number of hydrogen-bond donors (Lipinski definition) is 1. The second kappa shape index (κ2) is 4.86. The van der Waals surface area contributed by atoms with E-state index in [1.54, 1.807) is 0 Å². The average molecular weight is 276 g/mol. The van der Waals surface area contributed by atoms with Crippen LogP contribution in [-0.2, 0) is 14.9 Å². The molecule has 0 radical (unpaired) electrons. The molecule has 2 aliphatic carbocycles. The Kier molecular flexibility index (Phi) is 3.34. The molecule has 3 rings (SSSR count). The molecule has 2 unspecified atom stereocenters. The summed E-state index contributed by atoms with van der Waals surface area (Å²) in [6.07, 6.45) is 6.13. The largest absolute Gasteiger partial charge is 0.468 e. The van der Waals surface area contributed by atoms with Crippen LogP contribution in [0.3, 0.4) is 0 Å². The lowest BCUT2D eigenvalue weighted by atomic mass is 9.87. The Morgan fingerprint density at radius 1 is 1.26 bits per heavy atom. The van der Waals surface area contributed by atoms with Gasteiger partial charge >= 0.3 is 5.97 Å². The minimum absolute atomic E-state index is 0.0590. The first-order valence-corrected chi connectivity index (χ1v) is 7.51. The molecule has 0 heterocycles. The molecule has 102 valence electrons. The maximum atomic E-state index is 12.3. The molecule has 2 saturated carbocycles. The van der Waals surface area contributed by atoms with Gasteiger partial charge in [-0.3, -0.25) is 4.79 Å². The van der Waals surface area contributed by atoms with E-state index in [0.29, 0.717) is 11.8 Å². The van der Waals surface area contributed by atoms with Crippen LogP contribution >= 0.6 is 12.6 Å². The smallest absolute Gasteiger partial charge is 0.316 e. The van der Waals surface area contributed by atoms with Crippen LogP contribution in [0.4, 0.5) is 0 Å². The van der Waals surface area contributed by atoms with Crippen molar-refractivity contribution in [2.24, 2.45) is 11.8 Å². The van der Waals surface area contributed by atoms with Gasteiger partial charge in [0.1, 0.15) is 0 Å². The Morgan fingerprint density at radius 3 is 2.47 bits per heavy atom. The first-order chi connectivity index (χ1) is 9.18. The summed E-state index contributed by atoms with van der Waals surface area (Å²) in [6.45, 7) is 0. The van der Waals surface area contributed by atoms with Crippen LogP contribution < -0.4 is 0 Å². The van der Waals surface area contributed by atoms with Crippen molar-refractivity contribution in [3.05, 3.63) is 29.8 Å². The van der Waals surface area contributed by atoms with Crippen molar-refractivity contribution in [3.8, 4) is 0 Å². The summed E-state index contributed by atoms with van der Waals surface area (Å²) >= 11 is 4.32. The first kappa shape index (κ1) is 13.0. The van der Waals surface area contributed by atoms with Gasteiger partial charge in [-0.15, -0.1) is 12.6 Å². The number of methoxy groups -OCH3 is 1. The third-order valence-corrected chi connectivity index (χ3v) is 5.21. The molecule has 2 fully saturated rings. The molecule has 3 heteroatoms. The lowest BCUT2D eigenvalue weighted by molar-refractivity contribution is -0.144. The Labute approximate surface area is 119 Å². The molecule has 0 aliphatic heterocycles. The highest BCUT2D eigenvalue weighted by molar-refractivity contribution is 7.80. The molecule has 0 saturated heterocycles. The zero-order valence-corrected chi connectivity index (χ0v) is 12.2. The monoisotopic (exact) mass is 276 g/mol. The van der Waals surface area contributed by atoms with Crippen LogP contribution in [0.25, 0.3) is 0 Å². The van der Waals surface area contributed by atoms with Crippen LogP contribution in [-0.4, -0.2) is 13.1 Å². The summed E-state index contributed by atoms with van der Waals surface area (Å²) in [5, 5.41) is 0. The summed E-state index contributed by atoms with van der Waals surface area (Å²) in [4.78, 5) is 13.2. The highest BCUT2D eigenvalue weighted by Gasteiger charge is 2.64. The summed E-state index contributed by atoms with van der Waals surface area (Å²) < 4.78 is 5.09. The number of thiol groups is 1. The summed E-state index contributed by atoms with van der Waals surface area (Å²) in [7, 11) is 1.50. The van der Waals surface area contributed by atoms with E-state index in [0.717, 1.165) is 16.9 Å². The van der Waals surface area contributed by atoms with Gasteiger partial charge in [0, 0.05) is 4.90 Å². The topological polar surface area (TPSA) is 26.3 Å². The van der Waals surface area contributed by atoms with E-state index in [1.165, 1.54) is 32.8 Å². The van der Waals surface area contributed by atoms with E-state index in [2.05, 4.69) is 12.6 Å². The van der Waals surface area contributed by atoms with Crippen molar-refractivity contribution in [3.63, 3.8) is 0 Å². The molecule has 2 nitrogen and oxygen atoms in total. The highest BCUT2D eigenvalue weighted by atomic mass is 32.1. The minimum Gasteiger partial charge on any atom is -0.468 e. The van der Waals surface area contributed by atoms with Gasteiger partial charge in [-0.2, -0.15) is 0 Å². The maximum absolute atomic E-state index is 12.3. The van der Waals surface area contributed by atoms with Gasteiger partial charge in [-0.1, -0.05) is 37.8 Å². The van der Waals surface area contributed by atoms with Gasteiger partial charge in [0.2, 0.25) is 0 Å². The van der Waals surface area contributed by atoms with E-state index in [9.17, 15) is 4.79 Å². The van der Waals surface area contributed by atoms with Crippen LogP contribution in [0.5, 0.6) is 0 Å². The Balaban J connectivity index is 1.91. The zero-order chi connectivity index (χ0) is 13.5. The van der Waals surface area contributed by atoms with E-state index in [-0.39, 0.29) is 11.4 Å². The van der Waals surface area contributed by atoms with Gasteiger partial charge < -0.3 is 4.74 Å². The van der Waals surface area contributed by atoms with Gasteiger partial charge in [0.15, 0.2) is 0 Å². The van der Waals surface area contributed by atoms with E-state index >= 15 is 0 Å². The van der Waals surface area contributed by atoms with Crippen LogP contribution in [0.2, 0.25) is 0 Å². The average Bonchev–Trinajstić information content (AvgIpc) is 2.95. The molecule has 0 aromatic heterocycles. The molecule has 2 atom stereocenters. The number of esters is 1. The van der Waals surface area contributed by atoms with Crippen LogP contribution in [0, 0.1) is 11.8 Å². The number of benzene rings is 1. The van der Waals surface area contributed by atoms with E-state index in [4.69, 9.17) is 4.74 Å². The van der Waals surface area contributed by atoms with Crippen molar-refractivity contribution < 1.29 is 9.53 Å². The predicted octanol–water partition coefficient (Wildman–Crippen LogP) is 3.60. The number of carbonyl (C=O) groups excluding carboxylic acids is 1. The maximum Gasteiger partial charge on any atom is 0.316 e. The fourth-order valence-electron chi connectivity index (χ4n) is 3.84. The van der Waals surface area contributed by atoms with Crippen molar-refractivity contribution in [1.82, 2.24) is 0 Å².